The average molecular weight is 358 g/mol. The van der Waals surface area contributed by atoms with Gasteiger partial charge in [0.25, 0.3) is 0 Å². The van der Waals surface area contributed by atoms with E-state index >= 15 is 0 Å². The topological polar surface area (TPSA) is 46.3 Å². The Morgan fingerprint density at radius 2 is 1.85 bits per heavy atom. The first kappa shape index (κ1) is 17.3. The van der Waals surface area contributed by atoms with Crippen LogP contribution in [0.15, 0.2) is 16.8 Å². The van der Waals surface area contributed by atoms with E-state index in [4.69, 9.17) is 4.52 Å². The van der Waals surface area contributed by atoms with Crippen molar-refractivity contribution >= 4 is 0 Å². The zero-order valence-corrected chi connectivity index (χ0v) is 16.7. The summed E-state index contributed by atoms with van der Waals surface area (Å²) in [6, 6.07) is 1.89. The van der Waals surface area contributed by atoms with Gasteiger partial charge in [-0.25, -0.2) is 0 Å². The van der Waals surface area contributed by atoms with Crippen molar-refractivity contribution in [3.8, 4) is 0 Å². The van der Waals surface area contributed by atoms with Crippen molar-refractivity contribution in [1.82, 2.24) is 5.16 Å². The molecule has 0 radical (unpaired) electrons. The van der Waals surface area contributed by atoms with Gasteiger partial charge in [0.15, 0.2) is 5.76 Å². The molecular formula is C23H35NO2. The number of nitrogens with zero attached hydrogens (tertiary/aromatic N) is 1. The molecule has 3 nitrogen and oxygen atoms in total. The Labute approximate surface area is 157 Å². The fourth-order valence-corrected chi connectivity index (χ4v) is 8.32. The van der Waals surface area contributed by atoms with Crippen LogP contribution in [0.5, 0.6) is 0 Å². The number of aliphatic hydroxyl groups is 1. The van der Waals surface area contributed by atoms with Crippen LogP contribution in [-0.2, 0) is 5.60 Å². The van der Waals surface area contributed by atoms with Gasteiger partial charge in [-0.1, -0.05) is 32.3 Å². The summed E-state index contributed by atoms with van der Waals surface area (Å²) in [5.41, 5.74) is -0.333. The second-order valence-electron chi connectivity index (χ2n) is 10.8. The Morgan fingerprint density at radius 3 is 2.62 bits per heavy atom. The van der Waals surface area contributed by atoms with E-state index in [-0.39, 0.29) is 5.41 Å². The van der Waals surface area contributed by atoms with Crippen LogP contribution in [0.25, 0.3) is 0 Å². The molecule has 1 N–H and O–H groups in total. The first-order valence-corrected chi connectivity index (χ1v) is 11.0. The van der Waals surface area contributed by atoms with Gasteiger partial charge in [-0.05, 0) is 86.4 Å². The van der Waals surface area contributed by atoms with Crippen molar-refractivity contribution in [1.29, 1.82) is 0 Å². The largest absolute Gasteiger partial charge is 0.381 e. The van der Waals surface area contributed by atoms with Gasteiger partial charge in [0.2, 0.25) is 0 Å². The van der Waals surface area contributed by atoms with E-state index in [2.05, 4.69) is 25.9 Å². The molecule has 0 bridgehead atoms. The van der Waals surface area contributed by atoms with E-state index in [1.54, 1.807) is 6.20 Å². The van der Waals surface area contributed by atoms with Crippen LogP contribution in [0.4, 0.5) is 0 Å². The highest BCUT2D eigenvalue weighted by molar-refractivity contribution is 5.21. The molecule has 0 amide bonds. The summed E-state index contributed by atoms with van der Waals surface area (Å²) in [6.45, 7) is 7.43. The Balaban J connectivity index is 1.47. The second kappa shape index (κ2) is 5.59. The predicted octanol–water partition coefficient (Wildman–Crippen LogP) is 5.54. The lowest BCUT2D eigenvalue weighted by molar-refractivity contribution is -0.164. The molecule has 1 aromatic heterocycles. The lowest BCUT2D eigenvalue weighted by Crippen LogP contribution is -2.55. The normalized spacial score (nSPS) is 53.6. The second-order valence-corrected chi connectivity index (χ2v) is 10.8. The summed E-state index contributed by atoms with van der Waals surface area (Å²) in [5.74, 6) is 4.85. The van der Waals surface area contributed by atoms with E-state index in [0.29, 0.717) is 17.1 Å². The summed E-state index contributed by atoms with van der Waals surface area (Å²) in [4.78, 5) is 0. The highest BCUT2D eigenvalue weighted by atomic mass is 16.5. The SMILES string of the molecule is CC1CC[C@@]2(C)C(CC[C@@H]3[C@H]2CC[C@@]2(C)[C@H]3CCC2(O)c2ccno2)C1. The van der Waals surface area contributed by atoms with Gasteiger partial charge >= 0.3 is 0 Å². The third kappa shape index (κ3) is 2.07. The molecule has 4 aliphatic rings. The number of hydrogen-bond donors (Lipinski definition) is 1. The van der Waals surface area contributed by atoms with Crippen molar-refractivity contribution in [2.45, 2.75) is 84.2 Å². The highest BCUT2D eigenvalue weighted by Gasteiger charge is 2.66. The maximum atomic E-state index is 11.7. The molecule has 144 valence electrons. The molecule has 8 atom stereocenters. The number of aromatic nitrogens is 1. The molecule has 5 rings (SSSR count). The summed E-state index contributed by atoms with van der Waals surface area (Å²) in [6.07, 6.45) is 13.2. The minimum Gasteiger partial charge on any atom is -0.381 e. The molecular weight excluding hydrogens is 322 g/mol. The standard InChI is InChI=1S/C23H35NO2/c1-15-6-10-21(2)16(14-15)4-5-17-18(21)7-11-22(3)19(17)8-12-23(22,25)20-9-13-24-26-20/h9,13,15-19,25H,4-8,10-12,14H2,1-3H3/t15?,16?,17-,18-,19+,21+,22+,23?/m1/s1. The summed E-state index contributed by atoms with van der Waals surface area (Å²) in [5, 5.41) is 15.6. The Kier molecular flexibility index (Phi) is 3.72. The lowest BCUT2D eigenvalue weighted by atomic mass is 9.44. The Morgan fingerprint density at radius 1 is 1.04 bits per heavy atom. The van der Waals surface area contributed by atoms with E-state index in [0.717, 1.165) is 42.9 Å². The summed E-state index contributed by atoms with van der Waals surface area (Å²) in [7, 11) is 0. The van der Waals surface area contributed by atoms with Crippen molar-refractivity contribution < 1.29 is 9.63 Å². The fraction of sp³-hybridized carbons (Fsp3) is 0.870. The lowest BCUT2D eigenvalue weighted by Gasteiger charge is -2.61. The van der Waals surface area contributed by atoms with Gasteiger partial charge in [0.05, 0.1) is 6.20 Å². The molecule has 3 heteroatoms. The highest BCUT2D eigenvalue weighted by Crippen LogP contribution is 2.70. The van der Waals surface area contributed by atoms with Crippen LogP contribution >= 0.6 is 0 Å². The van der Waals surface area contributed by atoms with E-state index in [9.17, 15) is 5.11 Å². The minimum absolute atomic E-state index is 0.0567. The van der Waals surface area contributed by atoms with Crippen molar-refractivity contribution in [2.24, 2.45) is 40.4 Å². The summed E-state index contributed by atoms with van der Waals surface area (Å²) < 4.78 is 5.49. The molecule has 4 saturated carbocycles. The molecule has 4 fully saturated rings. The van der Waals surface area contributed by atoms with Crippen molar-refractivity contribution in [2.75, 3.05) is 0 Å². The van der Waals surface area contributed by atoms with Crippen LogP contribution < -0.4 is 0 Å². The molecule has 0 spiro atoms. The molecule has 0 aliphatic heterocycles. The van der Waals surface area contributed by atoms with E-state index in [1.165, 1.54) is 38.5 Å². The first-order chi connectivity index (χ1) is 12.4. The van der Waals surface area contributed by atoms with Crippen LogP contribution in [0.2, 0.25) is 0 Å². The van der Waals surface area contributed by atoms with Gasteiger partial charge in [-0.15, -0.1) is 0 Å². The molecule has 3 unspecified atom stereocenters. The van der Waals surface area contributed by atoms with Gasteiger partial charge in [0.1, 0.15) is 5.60 Å². The molecule has 26 heavy (non-hydrogen) atoms. The number of rotatable bonds is 1. The van der Waals surface area contributed by atoms with Crippen molar-refractivity contribution in [3.63, 3.8) is 0 Å². The third-order valence-electron chi connectivity index (χ3n) is 9.92. The number of fused-ring (bicyclic) bond motifs is 5. The Bertz CT molecular complexity index is 672. The summed E-state index contributed by atoms with van der Waals surface area (Å²) >= 11 is 0. The third-order valence-corrected chi connectivity index (χ3v) is 9.92. The minimum atomic E-state index is -0.821. The van der Waals surface area contributed by atoms with Gasteiger partial charge < -0.3 is 9.63 Å². The van der Waals surface area contributed by atoms with Crippen molar-refractivity contribution in [3.05, 3.63) is 18.0 Å². The van der Waals surface area contributed by atoms with Crippen LogP contribution in [0.1, 0.15) is 84.3 Å². The molecule has 1 aromatic rings. The molecule has 1 heterocycles. The quantitative estimate of drug-likeness (QED) is 0.717. The monoisotopic (exact) mass is 357 g/mol. The van der Waals surface area contributed by atoms with Crippen LogP contribution in [-0.4, -0.2) is 10.3 Å². The predicted molar refractivity (Wildman–Crippen MR) is 101 cm³/mol. The van der Waals surface area contributed by atoms with Gasteiger partial charge in [0, 0.05) is 11.5 Å². The van der Waals surface area contributed by atoms with Crippen LogP contribution in [0.3, 0.4) is 0 Å². The van der Waals surface area contributed by atoms with Crippen LogP contribution in [0, 0.1) is 40.4 Å². The molecule has 0 aromatic carbocycles. The zero-order chi connectivity index (χ0) is 18.2. The smallest absolute Gasteiger partial charge is 0.168 e. The van der Waals surface area contributed by atoms with Gasteiger partial charge in [-0.3, -0.25) is 0 Å². The maximum Gasteiger partial charge on any atom is 0.168 e. The van der Waals surface area contributed by atoms with E-state index in [1.807, 2.05) is 6.07 Å². The molecule has 0 saturated heterocycles. The Hall–Kier alpha value is -0.830. The average Bonchev–Trinajstić information content (AvgIpc) is 3.24. The van der Waals surface area contributed by atoms with E-state index < -0.39 is 5.60 Å². The molecule has 4 aliphatic carbocycles. The first-order valence-electron chi connectivity index (χ1n) is 11.0. The van der Waals surface area contributed by atoms with Gasteiger partial charge in [-0.2, -0.15) is 0 Å². The maximum absolute atomic E-state index is 11.7. The fourth-order valence-electron chi connectivity index (χ4n) is 8.32. The zero-order valence-electron chi connectivity index (χ0n) is 16.7. The number of hydrogen-bond acceptors (Lipinski definition) is 3.